The summed E-state index contributed by atoms with van der Waals surface area (Å²) in [6.07, 6.45) is 0. The summed E-state index contributed by atoms with van der Waals surface area (Å²) in [5.41, 5.74) is 1.29. The zero-order valence-corrected chi connectivity index (χ0v) is 13.9. The van der Waals surface area contributed by atoms with Crippen molar-refractivity contribution < 1.29 is 4.42 Å². The van der Waals surface area contributed by atoms with Gasteiger partial charge in [-0.1, -0.05) is 62.9 Å². The van der Waals surface area contributed by atoms with Crippen LogP contribution < -0.4 is 5.32 Å². The Balaban J connectivity index is 2.24. The minimum Gasteiger partial charge on any atom is -0.416 e. The maximum absolute atomic E-state index is 5.54. The lowest BCUT2D eigenvalue weighted by Crippen LogP contribution is -2.33. The Labute approximate surface area is 130 Å². The third-order valence-corrected chi connectivity index (χ3v) is 4.77. The van der Waals surface area contributed by atoms with E-state index >= 15 is 0 Å². The van der Waals surface area contributed by atoms with Gasteiger partial charge in [0, 0.05) is 18.2 Å². The minimum atomic E-state index is 0.258. The van der Waals surface area contributed by atoms with Crippen molar-refractivity contribution in [3.8, 4) is 0 Å². The number of nitrogens with zero attached hydrogens (tertiary/aromatic N) is 2. The molecule has 0 saturated carbocycles. The van der Waals surface area contributed by atoms with Gasteiger partial charge in [-0.2, -0.15) is 0 Å². The van der Waals surface area contributed by atoms with E-state index in [0.29, 0.717) is 22.3 Å². The first-order valence-electron chi connectivity index (χ1n) is 7.37. The summed E-state index contributed by atoms with van der Waals surface area (Å²) in [6.45, 7) is 9.34. The standard InChI is InChI=1S/C16H23N3OS/c1-5-17-14(13-9-7-6-8-10-13)15(11(2)3)21-16-19-18-12(4)20-16/h6-11,14-15,17H,5H2,1-4H3. The predicted octanol–water partition coefficient (Wildman–Crippen LogP) is 3.85. The van der Waals surface area contributed by atoms with Crippen molar-refractivity contribution in [1.82, 2.24) is 15.5 Å². The van der Waals surface area contributed by atoms with Crippen LogP contribution in [0.4, 0.5) is 0 Å². The summed E-state index contributed by atoms with van der Waals surface area (Å²) in [5.74, 6) is 1.09. The van der Waals surface area contributed by atoms with Crippen LogP contribution in [0.3, 0.4) is 0 Å². The molecule has 0 spiro atoms. The first kappa shape index (κ1) is 16.0. The summed E-state index contributed by atoms with van der Waals surface area (Å²) in [6, 6.07) is 10.8. The fraction of sp³-hybridized carbons (Fsp3) is 0.500. The highest BCUT2D eigenvalue weighted by Crippen LogP contribution is 2.36. The van der Waals surface area contributed by atoms with Gasteiger partial charge in [-0.25, -0.2) is 0 Å². The number of aryl methyl sites for hydroxylation is 1. The van der Waals surface area contributed by atoms with E-state index in [1.165, 1.54) is 5.56 Å². The smallest absolute Gasteiger partial charge is 0.276 e. The van der Waals surface area contributed by atoms with Crippen LogP contribution in [-0.4, -0.2) is 22.0 Å². The lowest BCUT2D eigenvalue weighted by molar-refractivity contribution is 0.415. The molecule has 2 unspecified atom stereocenters. The number of thioether (sulfide) groups is 1. The maximum Gasteiger partial charge on any atom is 0.276 e. The summed E-state index contributed by atoms with van der Waals surface area (Å²) in [5, 5.41) is 12.6. The SMILES string of the molecule is CCNC(c1ccccc1)C(Sc1nnc(C)o1)C(C)C. The zero-order valence-electron chi connectivity index (χ0n) is 13.0. The van der Waals surface area contributed by atoms with E-state index in [1.54, 1.807) is 11.8 Å². The molecule has 5 heteroatoms. The van der Waals surface area contributed by atoms with Crippen molar-refractivity contribution in [2.24, 2.45) is 5.92 Å². The molecule has 2 aromatic rings. The van der Waals surface area contributed by atoms with E-state index in [2.05, 4.69) is 60.6 Å². The van der Waals surface area contributed by atoms with Crippen LogP contribution in [0.5, 0.6) is 0 Å². The Morgan fingerprint density at radius 1 is 1.19 bits per heavy atom. The van der Waals surface area contributed by atoms with Crippen LogP contribution in [0.1, 0.15) is 38.3 Å². The fourth-order valence-corrected chi connectivity index (χ4v) is 3.49. The number of hydrogen-bond acceptors (Lipinski definition) is 5. The van der Waals surface area contributed by atoms with Gasteiger partial charge in [0.05, 0.1) is 0 Å². The number of rotatable bonds is 7. The molecule has 1 N–H and O–H groups in total. The number of benzene rings is 1. The Kier molecular flexibility index (Phi) is 5.82. The topological polar surface area (TPSA) is 51.0 Å². The van der Waals surface area contributed by atoms with Crippen LogP contribution >= 0.6 is 11.8 Å². The molecule has 114 valence electrons. The molecule has 0 radical (unpaired) electrons. The van der Waals surface area contributed by atoms with Gasteiger partial charge in [-0.15, -0.1) is 10.2 Å². The van der Waals surface area contributed by atoms with E-state index < -0.39 is 0 Å². The van der Waals surface area contributed by atoms with Gasteiger partial charge in [0.1, 0.15) is 0 Å². The summed E-state index contributed by atoms with van der Waals surface area (Å²) < 4.78 is 5.54. The van der Waals surface area contributed by atoms with Crippen LogP contribution in [0.2, 0.25) is 0 Å². The average Bonchev–Trinajstić information content (AvgIpc) is 2.89. The second kappa shape index (κ2) is 7.61. The van der Waals surface area contributed by atoms with Crippen LogP contribution in [0, 0.1) is 12.8 Å². The first-order chi connectivity index (χ1) is 10.1. The van der Waals surface area contributed by atoms with Gasteiger partial charge in [0.2, 0.25) is 5.89 Å². The summed E-state index contributed by atoms with van der Waals surface area (Å²) >= 11 is 1.66. The predicted molar refractivity (Wildman–Crippen MR) is 86.4 cm³/mol. The molecule has 0 saturated heterocycles. The molecular formula is C16H23N3OS. The molecule has 0 aliphatic rings. The number of nitrogens with one attached hydrogen (secondary N) is 1. The molecule has 4 nitrogen and oxygen atoms in total. The number of hydrogen-bond donors (Lipinski definition) is 1. The van der Waals surface area contributed by atoms with Crippen LogP contribution in [-0.2, 0) is 0 Å². The molecule has 2 rings (SSSR count). The fourth-order valence-electron chi connectivity index (χ4n) is 2.34. The van der Waals surface area contributed by atoms with E-state index in [4.69, 9.17) is 4.42 Å². The average molecular weight is 305 g/mol. The second-order valence-corrected chi connectivity index (χ2v) is 6.49. The summed E-state index contributed by atoms with van der Waals surface area (Å²) in [4.78, 5) is 0. The van der Waals surface area contributed by atoms with Crippen molar-refractivity contribution in [2.45, 2.75) is 44.2 Å². The van der Waals surface area contributed by atoms with Crippen molar-refractivity contribution in [3.05, 3.63) is 41.8 Å². The quantitative estimate of drug-likeness (QED) is 0.788. The molecule has 1 heterocycles. The highest BCUT2D eigenvalue weighted by molar-refractivity contribution is 7.99. The van der Waals surface area contributed by atoms with Crippen molar-refractivity contribution in [2.75, 3.05) is 6.54 Å². The summed E-state index contributed by atoms with van der Waals surface area (Å²) in [7, 11) is 0. The molecule has 1 aromatic heterocycles. The molecule has 0 aliphatic carbocycles. The van der Waals surface area contributed by atoms with E-state index in [9.17, 15) is 0 Å². The minimum absolute atomic E-state index is 0.258. The van der Waals surface area contributed by atoms with Crippen molar-refractivity contribution in [3.63, 3.8) is 0 Å². The molecule has 0 amide bonds. The lowest BCUT2D eigenvalue weighted by Gasteiger charge is -2.29. The lowest BCUT2D eigenvalue weighted by atomic mass is 9.96. The molecule has 0 bridgehead atoms. The molecule has 0 fully saturated rings. The molecule has 1 aromatic carbocycles. The van der Waals surface area contributed by atoms with Gasteiger partial charge in [-0.05, 0) is 18.0 Å². The monoisotopic (exact) mass is 305 g/mol. The van der Waals surface area contributed by atoms with E-state index in [-0.39, 0.29) is 6.04 Å². The highest BCUT2D eigenvalue weighted by atomic mass is 32.2. The molecular weight excluding hydrogens is 282 g/mol. The molecule has 21 heavy (non-hydrogen) atoms. The molecule has 2 atom stereocenters. The Hall–Kier alpha value is -1.33. The second-order valence-electron chi connectivity index (χ2n) is 5.36. The molecule has 0 aliphatic heterocycles. The van der Waals surface area contributed by atoms with Gasteiger partial charge >= 0.3 is 0 Å². The maximum atomic E-state index is 5.54. The first-order valence-corrected chi connectivity index (χ1v) is 8.25. The highest BCUT2D eigenvalue weighted by Gasteiger charge is 2.28. The van der Waals surface area contributed by atoms with E-state index in [0.717, 1.165) is 6.54 Å². The largest absolute Gasteiger partial charge is 0.416 e. The van der Waals surface area contributed by atoms with Gasteiger partial charge in [0.25, 0.3) is 5.22 Å². The third-order valence-electron chi connectivity index (χ3n) is 3.31. The van der Waals surface area contributed by atoms with Gasteiger partial charge in [0.15, 0.2) is 0 Å². The van der Waals surface area contributed by atoms with Gasteiger partial charge < -0.3 is 9.73 Å². The van der Waals surface area contributed by atoms with Crippen molar-refractivity contribution >= 4 is 11.8 Å². The van der Waals surface area contributed by atoms with E-state index in [1.807, 2.05) is 13.0 Å². The van der Waals surface area contributed by atoms with Crippen LogP contribution in [0.25, 0.3) is 0 Å². The van der Waals surface area contributed by atoms with Gasteiger partial charge in [-0.3, -0.25) is 0 Å². The third kappa shape index (κ3) is 4.32. The van der Waals surface area contributed by atoms with Crippen LogP contribution in [0.15, 0.2) is 40.0 Å². The Morgan fingerprint density at radius 3 is 2.43 bits per heavy atom. The number of aromatic nitrogens is 2. The Bertz CT molecular complexity index is 541. The normalized spacial score (nSPS) is 14.3. The zero-order chi connectivity index (χ0) is 15.2. The van der Waals surface area contributed by atoms with Crippen molar-refractivity contribution in [1.29, 1.82) is 0 Å². The Morgan fingerprint density at radius 2 is 1.90 bits per heavy atom.